The van der Waals surface area contributed by atoms with Crippen molar-refractivity contribution in [3.05, 3.63) is 41.4 Å². The summed E-state index contributed by atoms with van der Waals surface area (Å²) >= 11 is 0. The van der Waals surface area contributed by atoms with Gasteiger partial charge in [0.05, 0.1) is 19.3 Å². The molecule has 0 fully saturated rings. The summed E-state index contributed by atoms with van der Waals surface area (Å²) in [4.78, 5) is 16.7. The average molecular weight is 380 g/mol. The van der Waals surface area contributed by atoms with Crippen LogP contribution in [0.15, 0.2) is 35.8 Å². The van der Waals surface area contributed by atoms with Crippen LogP contribution in [0.1, 0.15) is 25.5 Å². The average Bonchev–Trinajstić information content (AvgIpc) is 3.08. The highest BCUT2D eigenvalue weighted by Crippen LogP contribution is 2.39. The molecule has 8 nitrogen and oxygen atoms in total. The van der Waals surface area contributed by atoms with Gasteiger partial charge in [-0.2, -0.15) is 18.9 Å². The number of aromatic nitrogens is 3. The molecule has 27 heavy (non-hydrogen) atoms. The lowest BCUT2D eigenvalue weighted by molar-refractivity contribution is -0.139. The lowest BCUT2D eigenvalue weighted by Gasteiger charge is -2.28. The molecule has 0 unspecified atom stereocenters. The van der Waals surface area contributed by atoms with Gasteiger partial charge in [0.1, 0.15) is 12.4 Å². The van der Waals surface area contributed by atoms with Gasteiger partial charge in [-0.3, -0.25) is 0 Å². The number of hydrogen-bond acceptors (Lipinski definition) is 7. The number of benzene rings is 1. The van der Waals surface area contributed by atoms with Crippen molar-refractivity contribution < 1.29 is 27.8 Å². The Labute approximate surface area is 153 Å². The third kappa shape index (κ3) is 3.55. The van der Waals surface area contributed by atoms with Gasteiger partial charge in [-0.05, 0) is 31.5 Å². The van der Waals surface area contributed by atoms with Gasteiger partial charge in [-0.1, -0.05) is 6.07 Å². The second-order valence-electron chi connectivity index (χ2n) is 5.60. The van der Waals surface area contributed by atoms with E-state index in [1.165, 1.54) is 30.3 Å². The van der Waals surface area contributed by atoms with E-state index in [9.17, 15) is 13.6 Å². The zero-order valence-corrected chi connectivity index (χ0v) is 14.9. The zero-order chi connectivity index (χ0) is 19.6. The van der Waals surface area contributed by atoms with Gasteiger partial charge in [-0.25, -0.2) is 9.48 Å². The monoisotopic (exact) mass is 380 g/mol. The summed E-state index contributed by atoms with van der Waals surface area (Å²) in [5, 5.41) is 7.19. The molecule has 3 rings (SSSR count). The summed E-state index contributed by atoms with van der Waals surface area (Å²) < 4.78 is 41.5. The van der Waals surface area contributed by atoms with Crippen LogP contribution >= 0.6 is 0 Å². The minimum atomic E-state index is -2.98. The quantitative estimate of drug-likeness (QED) is 0.771. The maximum Gasteiger partial charge on any atom is 0.387 e. The highest BCUT2D eigenvalue weighted by Gasteiger charge is 2.34. The molecule has 0 amide bonds. The molecule has 0 saturated carbocycles. The lowest BCUT2D eigenvalue weighted by Crippen LogP contribution is -2.29. The van der Waals surface area contributed by atoms with E-state index in [0.717, 1.165) is 0 Å². The van der Waals surface area contributed by atoms with Crippen molar-refractivity contribution in [1.29, 1.82) is 0 Å². The summed E-state index contributed by atoms with van der Waals surface area (Å²) in [5.41, 5.74) is 1.47. The molecule has 1 aliphatic rings. The van der Waals surface area contributed by atoms with E-state index in [1.807, 2.05) is 0 Å². The van der Waals surface area contributed by atoms with Crippen LogP contribution in [0.3, 0.4) is 0 Å². The Morgan fingerprint density at radius 2 is 2.15 bits per heavy atom. The summed E-state index contributed by atoms with van der Waals surface area (Å²) in [7, 11) is 1.34. The van der Waals surface area contributed by atoms with Crippen molar-refractivity contribution in [1.82, 2.24) is 14.8 Å². The second kappa shape index (κ2) is 7.60. The number of anilines is 1. The van der Waals surface area contributed by atoms with Crippen LogP contribution in [0.25, 0.3) is 0 Å². The van der Waals surface area contributed by atoms with Crippen molar-refractivity contribution in [2.45, 2.75) is 26.5 Å². The molecule has 10 heteroatoms. The normalized spacial score (nSPS) is 16.0. The number of carbonyl (C=O) groups excluding carboxylic acids is 1. The number of carbonyl (C=O) groups is 1. The number of rotatable bonds is 6. The highest BCUT2D eigenvalue weighted by atomic mass is 19.3. The van der Waals surface area contributed by atoms with Crippen LogP contribution in [-0.4, -0.2) is 41.1 Å². The Hall–Kier alpha value is -3.17. The fourth-order valence-corrected chi connectivity index (χ4v) is 2.92. The smallest absolute Gasteiger partial charge is 0.387 e. The summed E-state index contributed by atoms with van der Waals surface area (Å²) in [6, 6.07) is 3.77. The third-order valence-electron chi connectivity index (χ3n) is 4.01. The Morgan fingerprint density at radius 1 is 1.37 bits per heavy atom. The van der Waals surface area contributed by atoms with Gasteiger partial charge >= 0.3 is 12.6 Å². The molecule has 2 heterocycles. The van der Waals surface area contributed by atoms with E-state index in [0.29, 0.717) is 22.8 Å². The predicted octanol–water partition coefficient (Wildman–Crippen LogP) is 2.74. The largest absolute Gasteiger partial charge is 0.493 e. The van der Waals surface area contributed by atoms with Crippen molar-refractivity contribution in [3.63, 3.8) is 0 Å². The number of nitrogens with one attached hydrogen (secondary N) is 1. The number of methoxy groups -OCH3 is 1. The number of halogens is 2. The number of allylic oxidation sites excluding steroid dienone is 1. The Morgan fingerprint density at radius 3 is 2.81 bits per heavy atom. The molecule has 1 aromatic heterocycles. The van der Waals surface area contributed by atoms with E-state index in [-0.39, 0.29) is 18.1 Å². The van der Waals surface area contributed by atoms with Gasteiger partial charge in [0, 0.05) is 5.70 Å². The van der Waals surface area contributed by atoms with E-state index < -0.39 is 18.6 Å². The first-order chi connectivity index (χ1) is 13.0. The fourth-order valence-electron chi connectivity index (χ4n) is 2.92. The van der Waals surface area contributed by atoms with Crippen molar-refractivity contribution in [2.75, 3.05) is 19.0 Å². The van der Waals surface area contributed by atoms with Crippen LogP contribution in [0.4, 0.5) is 14.7 Å². The number of hydrogen-bond donors (Lipinski definition) is 1. The van der Waals surface area contributed by atoms with Gasteiger partial charge < -0.3 is 19.5 Å². The standard InChI is InChI=1S/C17H18F2N4O4/c1-4-26-15(24)13-9(2)22-17-20-8-21-23(17)14(13)10-5-6-11(27-16(18)19)12(7-10)25-3/h5-8,14,16H,4H2,1-3H3,(H,20,21,22)/t14-/m1/s1. The van der Waals surface area contributed by atoms with E-state index in [1.54, 1.807) is 19.9 Å². The molecule has 0 aliphatic carbocycles. The molecule has 0 radical (unpaired) electrons. The first-order valence-corrected chi connectivity index (χ1v) is 8.13. The Bertz CT molecular complexity index is 882. The highest BCUT2D eigenvalue weighted by molar-refractivity contribution is 5.92. The molecular weight excluding hydrogens is 362 g/mol. The van der Waals surface area contributed by atoms with Crippen LogP contribution in [0.2, 0.25) is 0 Å². The fraction of sp³-hybridized carbons (Fsp3) is 0.353. The molecule has 1 aliphatic heterocycles. The molecular formula is C17H18F2N4O4. The number of ether oxygens (including phenoxy) is 3. The number of alkyl halides is 2. The van der Waals surface area contributed by atoms with Crippen molar-refractivity contribution in [2.24, 2.45) is 0 Å². The lowest BCUT2D eigenvalue weighted by atomic mass is 9.95. The van der Waals surface area contributed by atoms with Crippen molar-refractivity contribution >= 4 is 11.9 Å². The van der Waals surface area contributed by atoms with Crippen LogP contribution in [-0.2, 0) is 9.53 Å². The molecule has 2 aromatic rings. The predicted molar refractivity (Wildman–Crippen MR) is 90.7 cm³/mol. The first kappa shape index (κ1) is 18.6. The minimum Gasteiger partial charge on any atom is -0.493 e. The van der Waals surface area contributed by atoms with Crippen molar-refractivity contribution in [3.8, 4) is 11.5 Å². The zero-order valence-electron chi connectivity index (χ0n) is 14.9. The SMILES string of the molecule is CCOC(=O)C1=C(C)Nc2ncnn2[C@@H]1c1ccc(OC(F)F)c(OC)c1. The molecule has 144 valence electrons. The molecule has 0 bridgehead atoms. The van der Waals surface area contributed by atoms with E-state index in [2.05, 4.69) is 20.1 Å². The van der Waals surface area contributed by atoms with Gasteiger partial charge in [0.15, 0.2) is 11.5 Å². The maximum absolute atomic E-state index is 12.6. The molecule has 1 aromatic carbocycles. The first-order valence-electron chi connectivity index (χ1n) is 8.13. The molecule has 0 saturated heterocycles. The molecule has 1 N–H and O–H groups in total. The number of esters is 1. The summed E-state index contributed by atoms with van der Waals surface area (Å²) in [6.07, 6.45) is 1.35. The van der Waals surface area contributed by atoms with E-state index in [4.69, 9.17) is 9.47 Å². The number of fused-ring (bicyclic) bond motifs is 1. The van der Waals surface area contributed by atoms with Crippen LogP contribution in [0.5, 0.6) is 11.5 Å². The van der Waals surface area contributed by atoms with Crippen LogP contribution < -0.4 is 14.8 Å². The summed E-state index contributed by atoms with van der Waals surface area (Å²) in [6.45, 7) is 0.655. The van der Waals surface area contributed by atoms with Crippen LogP contribution in [0, 0.1) is 0 Å². The minimum absolute atomic E-state index is 0.105. The van der Waals surface area contributed by atoms with Gasteiger partial charge in [0.25, 0.3) is 0 Å². The maximum atomic E-state index is 12.6. The van der Waals surface area contributed by atoms with Gasteiger partial charge in [-0.15, -0.1) is 0 Å². The topological polar surface area (TPSA) is 87.5 Å². The summed E-state index contributed by atoms with van der Waals surface area (Å²) in [5.74, 6) is -0.0748. The number of nitrogens with zero attached hydrogens (tertiary/aromatic N) is 3. The van der Waals surface area contributed by atoms with E-state index >= 15 is 0 Å². The third-order valence-corrected chi connectivity index (χ3v) is 4.01. The Balaban J connectivity index is 2.10. The Kier molecular flexibility index (Phi) is 5.24. The second-order valence-corrected chi connectivity index (χ2v) is 5.60. The van der Waals surface area contributed by atoms with Gasteiger partial charge in [0.2, 0.25) is 5.95 Å². The molecule has 1 atom stereocenters. The molecule has 0 spiro atoms.